The van der Waals surface area contributed by atoms with E-state index in [1.54, 1.807) is 4.90 Å². The molecule has 1 aromatic carbocycles. The molecule has 2 atom stereocenters. The van der Waals surface area contributed by atoms with Crippen molar-refractivity contribution in [3.05, 3.63) is 41.8 Å². The number of anilines is 2. The van der Waals surface area contributed by atoms with Gasteiger partial charge < -0.3 is 14.4 Å². The van der Waals surface area contributed by atoms with Crippen LogP contribution in [0.2, 0.25) is 0 Å². The molecule has 1 N–H and O–H groups in total. The van der Waals surface area contributed by atoms with Gasteiger partial charge in [0.15, 0.2) is 5.75 Å². The maximum atomic E-state index is 13.8. The lowest BCUT2D eigenvalue weighted by atomic mass is 9.97. The number of ether oxygens (including phenoxy) is 2. The van der Waals surface area contributed by atoms with Gasteiger partial charge in [-0.1, -0.05) is 6.07 Å². The number of hydrogen-bond donors (Lipinski definition) is 1. The first-order valence-corrected chi connectivity index (χ1v) is 11.5. The minimum Gasteiger partial charge on any atom is -0.478 e. The van der Waals surface area contributed by atoms with Crippen molar-refractivity contribution in [2.75, 3.05) is 36.5 Å². The molecule has 10 heteroatoms. The number of nitrogens with one attached hydrogen (secondary N) is 1. The highest BCUT2D eigenvalue weighted by Gasteiger charge is 2.38. The van der Waals surface area contributed by atoms with Crippen molar-refractivity contribution in [3.63, 3.8) is 0 Å². The average molecular weight is 470 g/mol. The van der Waals surface area contributed by atoms with Crippen LogP contribution >= 0.6 is 0 Å². The van der Waals surface area contributed by atoms with Gasteiger partial charge in [0.2, 0.25) is 5.91 Å². The van der Waals surface area contributed by atoms with Crippen LogP contribution in [-0.2, 0) is 4.79 Å². The van der Waals surface area contributed by atoms with Gasteiger partial charge in [0.1, 0.15) is 5.82 Å². The van der Waals surface area contributed by atoms with Crippen molar-refractivity contribution in [3.8, 4) is 11.6 Å². The minimum absolute atomic E-state index is 0.0105. The Morgan fingerprint density at radius 2 is 1.97 bits per heavy atom. The van der Waals surface area contributed by atoms with Gasteiger partial charge in [0, 0.05) is 44.6 Å². The summed E-state index contributed by atoms with van der Waals surface area (Å²) in [6.07, 6.45) is 2.73. The van der Waals surface area contributed by atoms with E-state index in [0.29, 0.717) is 17.4 Å². The zero-order valence-electron chi connectivity index (χ0n) is 19.5. The van der Waals surface area contributed by atoms with Gasteiger partial charge in [0.05, 0.1) is 30.7 Å². The van der Waals surface area contributed by atoms with Gasteiger partial charge in [-0.05, 0) is 37.5 Å². The third-order valence-electron chi connectivity index (χ3n) is 6.59. The number of pyridine rings is 1. The Morgan fingerprint density at radius 3 is 2.68 bits per heavy atom. The highest BCUT2D eigenvalue weighted by Crippen LogP contribution is 2.40. The number of carbonyl (C=O) groups excluding carboxylic acids is 2. The molecule has 2 fully saturated rings. The lowest BCUT2D eigenvalue weighted by molar-refractivity contribution is -0.117. The number of hydrogen-bond acceptors (Lipinski definition) is 7. The number of amides is 2. The summed E-state index contributed by atoms with van der Waals surface area (Å²) < 4.78 is 24.4. The predicted molar refractivity (Wildman–Crippen MR) is 124 cm³/mol. The second-order valence-corrected chi connectivity index (χ2v) is 9.07. The van der Waals surface area contributed by atoms with Gasteiger partial charge in [-0.3, -0.25) is 15.1 Å². The maximum Gasteiger partial charge on any atom is 0.420 e. The Bertz CT molecular complexity index is 1120. The van der Waals surface area contributed by atoms with Crippen LogP contribution in [0, 0.1) is 5.82 Å². The Kier molecular flexibility index (Phi) is 5.86. The number of aromatic nitrogens is 1. The third-order valence-corrected chi connectivity index (χ3v) is 6.59. The molecule has 2 amide bonds. The van der Waals surface area contributed by atoms with E-state index in [1.807, 2.05) is 25.1 Å². The molecular formula is C24H28FN5O4. The molecular weight excluding hydrogens is 441 g/mol. The van der Waals surface area contributed by atoms with Crippen molar-refractivity contribution >= 4 is 23.4 Å². The van der Waals surface area contributed by atoms with E-state index in [4.69, 9.17) is 9.47 Å². The molecule has 1 aliphatic carbocycles. The fraction of sp³-hybridized carbons (Fsp3) is 0.458. The van der Waals surface area contributed by atoms with Crippen LogP contribution in [0.4, 0.5) is 20.6 Å². The van der Waals surface area contributed by atoms with Crippen LogP contribution < -0.4 is 24.7 Å². The normalized spacial score (nSPS) is 22.5. The molecule has 0 bridgehead atoms. The summed E-state index contributed by atoms with van der Waals surface area (Å²) in [6.45, 7) is 5.33. The topological polar surface area (TPSA) is 87.2 Å². The number of fused-ring (bicyclic) bond motifs is 1. The summed E-state index contributed by atoms with van der Waals surface area (Å²) in [6, 6.07) is 7.28. The molecule has 1 aromatic heterocycles. The first kappa shape index (κ1) is 22.5. The Hall–Kier alpha value is -3.24. The van der Waals surface area contributed by atoms with Crippen LogP contribution in [0.15, 0.2) is 30.5 Å². The monoisotopic (exact) mass is 469 g/mol. The highest BCUT2D eigenvalue weighted by molar-refractivity contribution is 6.02. The largest absolute Gasteiger partial charge is 0.478 e. The van der Waals surface area contributed by atoms with E-state index in [2.05, 4.69) is 15.4 Å². The van der Waals surface area contributed by atoms with Crippen molar-refractivity contribution in [1.29, 1.82) is 0 Å². The molecule has 9 nitrogen and oxygen atoms in total. The second kappa shape index (κ2) is 8.84. The van der Waals surface area contributed by atoms with E-state index in [1.165, 1.54) is 31.8 Å². The average Bonchev–Trinajstić information content (AvgIpc) is 3.54. The van der Waals surface area contributed by atoms with E-state index in [0.717, 1.165) is 30.9 Å². The molecule has 0 spiro atoms. The second-order valence-electron chi connectivity index (χ2n) is 9.07. The van der Waals surface area contributed by atoms with E-state index in [9.17, 15) is 14.0 Å². The van der Waals surface area contributed by atoms with Crippen molar-refractivity contribution < 1.29 is 23.5 Å². The maximum absolute atomic E-state index is 13.8. The van der Waals surface area contributed by atoms with Crippen LogP contribution in [0.1, 0.15) is 38.2 Å². The van der Waals surface area contributed by atoms with E-state index >= 15 is 0 Å². The first-order chi connectivity index (χ1) is 16.4. The molecule has 1 saturated carbocycles. The molecule has 3 aliphatic rings. The van der Waals surface area contributed by atoms with Crippen molar-refractivity contribution in [2.45, 2.75) is 44.7 Å². The summed E-state index contributed by atoms with van der Waals surface area (Å²) in [5, 5.41) is 2.29. The number of carbonyl (C=O) groups is 2. The lowest BCUT2D eigenvalue weighted by Gasteiger charge is -2.40. The first-order valence-electron chi connectivity index (χ1n) is 11.5. The third kappa shape index (κ3) is 4.19. The fourth-order valence-electron chi connectivity index (χ4n) is 4.81. The van der Waals surface area contributed by atoms with Gasteiger partial charge in [-0.15, -0.1) is 0 Å². The smallest absolute Gasteiger partial charge is 0.420 e. The summed E-state index contributed by atoms with van der Waals surface area (Å²) in [4.78, 5) is 32.7. The van der Waals surface area contributed by atoms with Gasteiger partial charge in [-0.2, -0.15) is 0 Å². The Morgan fingerprint density at radius 1 is 1.18 bits per heavy atom. The molecule has 34 heavy (non-hydrogen) atoms. The molecule has 1 saturated heterocycles. The zero-order chi connectivity index (χ0) is 24.0. The van der Waals surface area contributed by atoms with Crippen molar-refractivity contribution in [1.82, 2.24) is 15.4 Å². The van der Waals surface area contributed by atoms with Crippen LogP contribution in [-0.4, -0.2) is 60.8 Å². The number of nitrogens with zero attached hydrogens (tertiary/aromatic N) is 4. The zero-order valence-corrected chi connectivity index (χ0v) is 19.5. The minimum atomic E-state index is -0.691. The molecule has 2 aromatic rings. The van der Waals surface area contributed by atoms with E-state index in [-0.39, 0.29) is 36.0 Å². The summed E-state index contributed by atoms with van der Waals surface area (Å²) in [7, 11) is 1.37. The highest BCUT2D eigenvalue weighted by atomic mass is 19.1. The summed E-state index contributed by atoms with van der Waals surface area (Å²) in [5.74, 6) is -0.576. The molecule has 5 rings (SSSR count). The van der Waals surface area contributed by atoms with E-state index < -0.39 is 11.9 Å². The Labute approximate surface area is 197 Å². The lowest BCUT2D eigenvalue weighted by Crippen LogP contribution is -2.52. The van der Waals surface area contributed by atoms with Crippen LogP contribution in [0.25, 0.3) is 0 Å². The van der Waals surface area contributed by atoms with Crippen LogP contribution in [0.3, 0.4) is 0 Å². The number of benzene rings is 1. The molecule has 2 aliphatic heterocycles. The molecule has 180 valence electrons. The molecule has 0 radical (unpaired) electrons. The predicted octanol–water partition coefficient (Wildman–Crippen LogP) is 3.06. The molecule has 3 heterocycles. The Balaban J connectivity index is 1.47. The van der Waals surface area contributed by atoms with Crippen molar-refractivity contribution in [2.24, 2.45) is 0 Å². The standard InChI is InChI=1S/C24H28FN5O4/c1-14-12-28(24(32)34-22-9-18(25)11-26-23(22)33-3)21-8-16(4-7-20(21)30(14)15(2)31)17-10-27-29(13-17)19-5-6-19/h4,7-9,11,14,17,19,27H,5-6,10,12-13H2,1-3H3/t14-,17?/m0/s1. The van der Waals surface area contributed by atoms with Gasteiger partial charge in [-0.25, -0.2) is 19.2 Å². The molecule has 1 unspecified atom stereocenters. The van der Waals surface area contributed by atoms with Crippen LogP contribution in [0.5, 0.6) is 11.6 Å². The quantitative estimate of drug-likeness (QED) is 0.737. The number of hydrazine groups is 1. The van der Waals surface area contributed by atoms with Gasteiger partial charge in [0.25, 0.3) is 5.88 Å². The number of halogens is 1. The van der Waals surface area contributed by atoms with Gasteiger partial charge >= 0.3 is 6.09 Å². The number of rotatable bonds is 4. The summed E-state index contributed by atoms with van der Waals surface area (Å²) >= 11 is 0. The SMILES string of the molecule is COc1ncc(F)cc1OC(=O)N1C[C@H](C)N(C(C)=O)c2ccc(C3CNN(C4CC4)C3)cc21. The fourth-order valence-corrected chi connectivity index (χ4v) is 4.81. The summed E-state index contributed by atoms with van der Waals surface area (Å²) in [5.41, 5.74) is 5.78. The number of methoxy groups -OCH3 is 1.